The highest BCUT2D eigenvalue weighted by atomic mass is 19.1. The summed E-state index contributed by atoms with van der Waals surface area (Å²) in [7, 11) is 0. The summed E-state index contributed by atoms with van der Waals surface area (Å²) in [5.74, 6) is 1.28. The van der Waals surface area contributed by atoms with Crippen LogP contribution >= 0.6 is 0 Å². The summed E-state index contributed by atoms with van der Waals surface area (Å²) in [6.45, 7) is 4.15. The highest BCUT2D eigenvalue weighted by Crippen LogP contribution is 2.11. The molecule has 5 nitrogen and oxygen atoms in total. The van der Waals surface area contributed by atoms with Crippen LogP contribution < -0.4 is 10.1 Å². The minimum atomic E-state index is -0.323. The summed E-state index contributed by atoms with van der Waals surface area (Å²) in [6, 6.07) is 5.66. The largest absolute Gasteiger partial charge is 0.493 e. The second-order valence-corrected chi connectivity index (χ2v) is 4.58. The van der Waals surface area contributed by atoms with Crippen LogP contribution in [0.2, 0.25) is 0 Å². The van der Waals surface area contributed by atoms with E-state index in [1.165, 1.54) is 24.3 Å². The molecule has 0 spiro atoms. The van der Waals surface area contributed by atoms with E-state index in [0.29, 0.717) is 11.6 Å². The number of nitrogens with one attached hydrogen (secondary N) is 1. The number of ether oxygens (including phenoxy) is 1. The van der Waals surface area contributed by atoms with Crippen molar-refractivity contribution in [1.82, 2.24) is 10.3 Å². The zero-order chi connectivity index (χ0) is 15.2. The van der Waals surface area contributed by atoms with Crippen molar-refractivity contribution in [3.8, 4) is 5.75 Å². The van der Waals surface area contributed by atoms with E-state index >= 15 is 0 Å². The molecule has 0 saturated heterocycles. The van der Waals surface area contributed by atoms with Crippen LogP contribution in [0.15, 0.2) is 28.7 Å². The van der Waals surface area contributed by atoms with Gasteiger partial charge in [0.2, 0.25) is 11.8 Å². The van der Waals surface area contributed by atoms with Gasteiger partial charge in [0.25, 0.3) is 0 Å². The predicted molar refractivity (Wildman–Crippen MR) is 74.3 cm³/mol. The van der Waals surface area contributed by atoms with E-state index in [9.17, 15) is 9.18 Å². The molecular weight excluding hydrogens is 275 g/mol. The lowest BCUT2D eigenvalue weighted by molar-refractivity contribution is -0.121. The fraction of sp³-hybridized carbons (Fsp3) is 0.333. The molecule has 0 aliphatic heterocycles. The van der Waals surface area contributed by atoms with Crippen LogP contribution in [0.1, 0.15) is 23.8 Å². The molecule has 1 N–H and O–H groups in total. The zero-order valence-corrected chi connectivity index (χ0v) is 12.0. The lowest BCUT2D eigenvalue weighted by Crippen LogP contribution is -2.24. The fourth-order valence-electron chi connectivity index (χ4n) is 1.67. The van der Waals surface area contributed by atoms with Crippen LogP contribution in [0.5, 0.6) is 5.75 Å². The van der Waals surface area contributed by atoms with Gasteiger partial charge >= 0.3 is 0 Å². The van der Waals surface area contributed by atoms with Gasteiger partial charge in [-0.15, -0.1) is 0 Å². The number of aryl methyl sites for hydroxylation is 2. The molecule has 112 valence electrons. The first-order valence-electron chi connectivity index (χ1n) is 6.62. The number of halogens is 1. The van der Waals surface area contributed by atoms with Gasteiger partial charge in [0.05, 0.1) is 25.3 Å². The van der Waals surface area contributed by atoms with Crippen molar-refractivity contribution in [3.05, 3.63) is 47.4 Å². The lowest BCUT2D eigenvalue weighted by Gasteiger charge is -2.06. The minimum Gasteiger partial charge on any atom is -0.493 e. The molecule has 1 heterocycles. The average Bonchev–Trinajstić information content (AvgIpc) is 2.78. The number of aromatic nitrogens is 1. The molecule has 0 saturated carbocycles. The second kappa shape index (κ2) is 6.88. The van der Waals surface area contributed by atoms with Crippen molar-refractivity contribution in [2.24, 2.45) is 0 Å². The van der Waals surface area contributed by atoms with Gasteiger partial charge in [-0.2, -0.15) is 0 Å². The number of carbonyl (C=O) groups is 1. The van der Waals surface area contributed by atoms with Gasteiger partial charge in [0, 0.05) is 0 Å². The smallest absolute Gasteiger partial charge is 0.223 e. The van der Waals surface area contributed by atoms with Gasteiger partial charge in [0.15, 0.2) is 0 Å². The fourth-order valence-corrected chi connectivity index (χ4v) is 1.67. The molecule has 0 aliphatic rings. The SMILES string of the molecule is Cc1nc(CNC(=O)CCOc2ccc(F)cc2)oc1C. The Morgan fingerprint density at radius 1 is 1.33 bits per heavy atom. The van der Waals surface area contributed by atoms with Crippen LogP contribution in [0.4, 0.5) is 4.39 Å². The molecule has 0 fully saturated rings. The molecule has 0 bridgehead atoms. The van der Waals surface area contributed by atoms with E-state index in [1.807, 2.05) is 13.8 Å². The molecule has 6 heteroatoms. The van der Waals surface area contributed by atoms with Crippen LogP contribution in [0, 0.1) is 19.7 Å². The van der Waals surface area contributed by atoms with E-state index < -0.39 is 0 Å². The Hall–Kier alpha value is -2.37. The first kappa shape index (κ1) is 15.0. The van der Waals surface area contributed by atoms with Crippen LogP contribution in [0.25, 0.3) is 0 Å². The number of rotatable bonds is 6. The molecule has 1 aromatic carbocycles. The van der Waals surface area contributed by atoms with E-state index in [2.05, 4.69) is 10.3 Å². The molecular formula is C15H17FN2O3. The molecule has 2 rings (SSSR count). The van der Waals surface area contributed by atoms with Crippen LogP contribution in [-0.4, -0.2) is 17.5 Å². The molecule has 1 aromatic heterocycles. The number of nitrogens with zero attached hydrogens (tertiary/aromatic N) is 1. The quantitative estimate of drug-likeness (QED) is 0.888. The van der Waals surface area contributed by atoms with E-state index in [1.54, 1.807) is 0 Å². The molecule has 0 unspecified atom stereocenters. The number of amides is 1. The predicted octanol–water partition coefficient (Wildman–Crippen LogP) is 2.52. The Labute approximate surface area is 122 Å². The third-order valence-electron chi connectivity index (χ3n) is 2.92. The molecule has 0 radical (unpaired) electrons. The maximum atomic E-state index is 12.7. The third-order valence-corrected chi connectivity index (χ3v) is 2.92. The standard InChI is InChI=1S/C15H17FN2O3/c1-10-11(2)21-15(18-10)9-17-14(19)7-8-20-13-5-3-12(16)4-6-13/h3-6H,7-9H2,1-2H3,(H,17,19). The Morgan fingerprint density at radius 3 is 2.67 bits per heavy atom. The van der Waals surface area contributed by atoms with Gasteiger partial charge in [-0.1, -0.05) is 0 Å². The van der Waals surface area contributed by atoms with Crippen molar-refractivity contribution >= 4 is 5.91 Å². The van der Waals surface area contributed by atoms with Gasteiger partial charge in [-0.3, -0.25) is 4.79 Å². The third kappa shape index (κ3) is 4.59. The monoisotopic (exact) mass is 292 g/mol. The number of carbonyl (C=O) groups excluding carboxylic acids is 1. The molecule has 0 aliphatic carbocycles. The van der Waals surface area contributed by atoms with Crippen molar-refractivity contribution in [2.45, 2.75) is 26.8 Å². The first-order chi connectivity index (χ1) is 10.0. The Balaban J connectivity index is 1.69. The highest BCUT2D eigenvalue weighted by molar-refractivity contribution is 5.75. The normalized spacial score (nSPS) is 10.4. The molecule has 2 aromatic rings. The highest BCUT2D eigenvalue weighted by Gasteiger charge is 2.07. The van der Waals surface area contributed by atoms with Crippen molar-refractivity contribution in [2.75, 3.05) is 6.61 Å². The number of benzene rings is 1. The number of hydrogen-bond donors (Lipinski definition) is 1. The second-order valence-electron chi connectivity index (χ2n) is 4.58. The molecule has 0 atom stereocenters. The topological polar surface area (TPSA) is 64.4 Å². The number of oxazole rings is 1. The summed E-state index contributed by atoms with van der Waals surface area (Å²) in [6.07, 6.45) is 0.204. The van der Waals surface area contributed by atoms with Gasteiger partial charge < -0.3 is 14.5 Å². The van der Waals surface area contributed by atoms with Gasteiger partial charge in [0.1, 0.15) is 17.3 Å². The van der Waals surface area contributed by atoms with E-state index in [0.717, 1.165) is 11.5 Å². The Morgan fingerprint density at radius 2 is 2.05 bits per heavy atom. The first-order valence-corrected chi connectivity index (χ1v) is 6.62. The van der Waals surface area contributed by atoms with E-state index in [-0.39, 0.29) is 31.3 Å². The summed E-state index contributed by atoms with van der Waals surface area (Å²) in [5, 5.41) is 2.70. The van der Waals surface area contributed by atoms with Crippen molar-refractivity contribution in [1.29, 1.82) is 0 Å². The molecule has 1 amide bonds. The maximum absolute atomic E-state index is 12.7. The van der Waals surface area contributed by atoms with Crippen LogP contribution in [-0.2, 0) is 11.3 Å². The lowest BCUT2D eigenvalue weighted by atomic mass is 10.3. The summed E-state index contributed by atoms with van der Waals surface area (Å²) >= 11 is 0. The zero-order valence-electron chi connectivity index (χ0n) is 12.0. The Kier molecular flexibility index (Phi) is 4.92. The van der Waals surface area contributed by atoms with Crippen molar-refractivity contribution < 1.29 is 18.3 Å². The van der Waals surface area contributed by atoms with Crippen molar-refractivity contribution in [3.63, 3.8) is 0 Å². The van der Waals surface area contributed by atoms with Crippen LogP contribution in [0.3, 0.4) is 0 Å². The summed E-state index contributed by atoms with van der Waals surface area (Å²) in [4.78, 5) is 15.8. The van der Waals surface area contributed by atoms with E-state index in [4.69, 9.17) is 9.15 Å². The Bertz CT molecular complexity index is 588. The summed E-state index contributed by atoms with van der Waals surface area (Å²) < 4.78 is 23.4. The van der Waals surface area contributed by atoms with Gasteiger partial charge in [-0.25, -0.2) is 9.37 Å². The minimum absolute atomic E-state index is 0.161. The average molecular weight is 292 g/mol. The summed E-state index contributed by atoms with van der Waals surface area (Å²) in [5.41, 5.74) is 0.818. The maximum Gasteiger partial charge on any atom is 0.223 e. The molecule has 21 heavy (non-hydrogen) atoms. The number of hydrogen-bond acceptors (Lipinski definition) is 4. The van der Waals surface area contributed by atoms with Gasteiger partial charge in [-0.05, 0) is 38.1 Å².